The molecule has 1 amide bonds. The van der Waals surface area contributed by atoms with Crippen molar-refractivity contribution in [2.45, 2.75) is 6.54 Å². The van der Waals surface area contributed by atoms with Crippen LogP contribution in [-0.4, -0.2) is 20.0 Å². The van der Waals surface area contributed by atoms with Gasteiger partial charge in [0, 0.05) is 26.3 Å². The molecular weight excluding hydrogens is 264 g/mol. The lowest BCUT2D eigenvalue weighted by molar-refractivity contribution is 0.0923. The molecule has 0 fully saturated rings. The Morgan fingerprint density at radius 3 is 2.42 bits per heavy atom. The first-order chi connectivity index (χ1) is 9.06. The highest BCUT2D eigenvalue weighted by Gasteiger charge is 2.09. The molecule has 1 N–H and O–H groups in total. The molecule has 0 bridgehead atoms. The summed E-state index contributed by atoms with van der Waals surface area (Å²) in [6.45, 7) is 0.449. The maximum absolute atomic E-state index is 11.7. The van der Waals surface area contributed by atoms with Crippen LogP contribution in [-0.2, 0) is 6.54 Å². The van der Waals surface area contributed by atoms with E-state index in [1.165, 1.54) is 0 Å². The molecule has 1 heterocycles. The summed E-state index contributed by atoms with van der Waals surface area (Å²) in [6.07, 6.45) is 0. The van der Waals surface area contributed by atoms with Gasteiger partial charge in [0.05, 0.1) is 0 Å². The standard InChI is InChI=1S/C14H15ClN2O2/c1-17(2)11-5-3-10(4-6-11)9-16-14(18)12-7-8-13(15)19-12/h3-8H,9H2,1-2H3,(H,16,18). The van der Waals surface area contributed by atoms with Gasteiger partial charge in [0.2, 0.25) is 0 Å². The van der Waals surface area contributed by atoms with Crippen LogP contribution in [0.1, 0.15) is 16.1 Å². The van der Waals surface area contributed by atoms with Gasteiger partial charge >= 0.3 is 0 Å². The Balaban J connectivity index is 1.93. The average molecular weight is 279 g/mol. The van der Waals surface area contributed by atoms with Gasteiger partial charge in [-0.1, -0.05) is 12.1 Å². The highest BCUT2D eigenvalue weighted by Crippen LogP contribution is 2.14. The minimum Gasteiger partial charge on any atom is -0.440 e. The molecule has 0 aliphatic carbocycles. The Bertz CT molecular complexity index is 561. The maximum atomic E-state index is 11.7. The first-order valence-electron chi connectivity index (χ1n) is 5.86. The number of halogens is 1. The van der Waals surface area contributed by atoms with Crippen molar-refractivity contribution in [3.63, 3.8) is 0 Å². The molecule has 0 saturated heterocycles. The molecule has 5 heteroatoms. The number of anilines is 1. The van der Waals surface area contributed by atoms with Gasteiger partial charge in [-0.2, -0.15) is 0 Å². The van der Waals surface area contributed by atoms with Gasteiger partial charge in [-0.05, 0) is 41.4 Å². The number of carbonyl (C=O) groups is 1. The molecule has 0 aliphatic rings. The van der Waals surface area contributed by atoms with Crippen LogP contribution < -0.4 is 10.2 Å². The summed E-state index contributed by atoms with van der Waals surface area (Å²) in [4.78, 5) is 13.8. The number of carbonyl (C=O) groups excluding carboxylic acids is 1. The molecule has 1 aromatic heterocycles. The molecule has 100 valence electrons. The van der Waals surface area contributed by atoms with Crippen molar-refractivity contribution in [3.8, 4) is 0 Å². The molecule has 2 rings (SSSR count). The lowest BCUT2D eigenvalue weighted by Gasteiger charge is -2.12. The van der Waals surface area contributed by atoms with Crippen LogP contribution in [0.4, 0.5) is 5.69 Å². The summed E-state index contributed by atoms with van der Waals surface area (Å²) in [6, 6.07) is 11.1. The number of hydrogen-bond acceptors (Lipinski definition) is 3. The van der Waals surface area contributed by atoms with Crippen LogP contribution in [0.2, 0.25) is 5.22 Å². The highest BCUT2D eigenvalue weighted by atomic mass is 35.5. The fraction of sp³-hybridized carbons (Fsp3) is 0.214. The first kappa shape index (κ1) is 13.5. The Morgan fingerprint density at radius 2 is 1.89 bits per heavy atom. The SMILES string of the molecule is CN(C)c1ccc(CNC(=O)c2ccc(Cl)o2)cc1. The molecule has 0 unspecified atom stereocenters. The van der Waals surface area contributed by atoms with Crippen LogP contribution in [0, 0.1) is 0 Å². The zero-order valence-corrected chi connectivity index (χ0v) is 11.6. The quantitative estimate of drug-likeness (QED) is 0.935. The summed E-state index contributed by atoms with van der Waals surface area (Å²) in [7, 11) is 3.97. The summed E-state index contributed by atoms with van der Waals surface area (Å²) >= 11 is 5.62. The van der Waals surface area contributed by atoms with Crippen molar-refractivity contribution in [1.29, 1.82) is 0 Å². The molecule has 2 aromatic rings. The van der Waals surface area contributed by atoms with E-state index in [2.05, 4.69) is 5.32 Å². The number of furan rings is 1. The second kappa shape index (κ2) is 5.80. The van der Waals surface area contributed by atoms with Crippen LogP contribution >= 0.6 is 11.6 Å². The van der Waals surface area contributed by atoms with E-state index in [-0.39, 0.29) is 16.9 Å². The summed E-state index contributed by atoms with van der Waals surface area (Å²) in [5.74, 6) is -0.0569. The van der Waals surface area contributed by atoms with E-state index in [0.717, 1.165) is 11.3 Å². The zero-order chi connectivity index (χ0) is 13.8. The minimum atomic E-state index is -0.274. The monoisotopic (exact) mass is 278 g/mol. The lowest BCUT2D eigenvalue weighted by atomic mass is 10.2. The molecule has 0 aliphatic heterocycles. The lowest BCUT2D eigenvalue weighted by Crippen LogP contribution is -2.22. The van der Waals surface area contributed by atoms with Crippen LogP contribution in [0.25, 0.3) is 0 Å². The first-order valence-corrected chi connectivity index (χ1v) is 6.24. The van der Waals surface area contributed by atoms with Gasteiger partial charge in [0.25, 0.3) is 5.91 Å². The Morgan fingerprint density at radius 1 is 1.21 bits per heavy atom. The van der Waals surface area contributed by atoms with Crippen LogP contribution in [0.3, 0.4) is 0 Å². The van der Waals surface area contributed by atoms with Gasteiger partial charge in [-0.3, -0.25) is 4.79 Å². The number of nitrogens with one attached hydrogen (secondary N) is 1. The molecule has 0 radical (unpaired) electrons. The van der Waals surface area contributed by atoms with Crippen molar-refractivity contribution in [3.05, 3.63) is 52.9 Å². The van der Waals surface area contributed by atoms with Gasteiger partial charge in [-0.15, -0.1) is 0 Å². The van der Waals surface area contributed by atoms with E-state index >= 15 is 0 Å². The van der Waals surface area contributed by atoms with Crippen molar-refractivity contribution in [2.75, 3.05) is 19.0 Å². The van der Waals surface area contributed by atoms with Crippen molar-refractivity contribution in [1.82, 2.24) is 5.32 Å². The number of nitrogens with zero attached hydrogens (tertiary/aromatic N) is 1. The molecule has 0 saturated carbocycles. The largest absolute Gasteiger partial charge is 0.440 e. The van der Waals surface area contributed by atoms with E-state index < -0.39 is 0 Å². The number of rotatable bonds is 4. The predicted molar refractivity (Wildman–Crippen MR) is 75.7 cm³/mol. The number of hydrogen-bond donors (Lipinski definition) is 1. The Hall–Kier alpha value is -1.94. The van der Waals surface area contributed by atoms with Gasteiger partial charge in [0.1, 0.15) is 0 Å². The zero-order valence-electron chi connectivity index (χ0n) is 10.8. The Labute approximate surface area is 117 Å². The van der Waals surface area contributed by atoms with E-state index in [0.29, 0.717) is 6.54 Å². The van der Waals surface area contributed by atoms with E-state index in [4.69, 9.17) is 16.0 Å². The van der Waals surface area contributed by atoms with Gasteiger partial charge < -0.3 is 14.6 Å². The van der Waals surface area contributed by atoms with Gasteiger partial charge in [0.15, 0.2) is 11.0 Å². The summed E-state index contributed by atoms with van der Waals surface area (Å²) in [5, 5.41) is 2.98. The van der Waals surface area contributed by atoms with Crippen molar-refractivity contribution in [2.24, 2.45) is 0 Å². The third kappa shape index (κ3) is 3.51. The fourth-order valence-electron chi connectivity index (χ4n) is 1.62. The number of amides is 1. The number of benzene rings is 1. The molecule has 0 atom stereocenters. The topological polar surface area (TPSA) is 45.5 Å². The van der Waals surface area contributed by atoms with E-state index in [1.807, 2.05) is 43.3 Å². The molecule has 4 nitrogen and oxygen atoms in total. The normalized spacial score (nSPS) is 10.3. The maximum Gasteiger partial charge on any atom is 0.287 e. The molecule has 0 spiro atoms. The van der Waals surface area contributed by atoms with Gasteiger partial charge in [-0.25, -0.2) is 0 Å². The molecule has 1 aromatic carbocycles. The van der Waals surface area contributed by atoms with E-state index in [9.17, 15) is 4.79 Å². The summed E-state index contributed by atoms with van der Waals surface area (Å²) < 4.78 is 5.03. The minimum absolute atomic E-state index is 0.209. The predicted octanol–water partition coefficient (Wildman–Crippen LogP) is 2.93. The smallest absolute Gasteiger partial charge is 0.287 e. The van der Waals surface area contributed by atoms with Crippen LogP contribution in [0.15, 0.2) is 40.8 Å². The second-order valence-electron chi connectivity index (χ2n) is 4.35. The highest BCUT2D eigenvalue weighted by molar-refractivity contribution is 6.29. The second-order valence-corrected chi connectivity index (χ2v) is 4.72. The van der Waals surface area contributed by atoms with Crippen molar-refractivity contribution < 1.29 is 9.21 Å². The van der Waals surface area contributed by atoms with Crippen LogP contribution in [0.5, 0.6) is 0 Å². The Kier molecular flexibility index (Phi) is 4.12. The van der Waals surface area contributed by atoms with Crippen molar-refractivity contribution >= 4 is 23.2 Å². The summed E-state index contributed by atoms with van der Waals surface area (Å²) in [5.41, 5.74) is 2.14. The third-order valence-electron chi connectivity index (χ3n) is 2.70. The van der Waals surface area contributed by atoms with E-state index in [1.54, 1.807) is 12.1 Å². The average Bonchev–Trinajstić information content (AvgIpc) is 2.83. The molecule has 19 heavy (non-hydrogen) atoms. The fourth-order valence-corrected chi connectivity index (χ4v) is 1.76. The third-order valence-corrected chi connectivity index (χ3v) is 2.91. The molecular formula is C14H15ClN2O2.